The molecule has 0 aromatic heterocycles. The summed E-state index contributed by atoms with van der Waals surface area (Å²) in [4.78, 5) is 21.7. The molecule has 88 valence electrons. The molecule has 4 nitrogen and oxygen atoms in total. The molecular weight excluding hydrogens is 216 g/mol. The molecule has 0 radical (unpaired) electrons. The zero-order valence-electron chi connectivity index (χ0n) is 9.45. The van der Waals surface area contributed by atoms with Crippen molar-refractivity contribution >= 4 is 22.8 Å². The van der Waals surface area contributed by atoms with E-state index in [0.29, 0.717) is 13.2 Å². The largest absolute Gasteiger partial charge is 0.464 e. The van der Waals surface area contributed by atoms with Crippen molar-refractivity contribution in [2.24, 2.45) is 0 Å². The Balaban J connectivity index is 3.42. The van der Waals surface area contributed by atoms with Crippen molar-refractivity contribution in [3.05, 3.63) is 0 Å². The van der Waals surface area contributed by atoms with E-state index in [-0.39, 0.29) is 11.1 Å². The zero-order valence-corrected chi connectivity index (χ0v) is 10.3. The van der Waals surface area contributed by atoms with Crippen LogP contribution < -0.4 is 0 Å². The maximum Gasteiger partial charge on any atom is 0.334 e. The summed E-state index contributed by atoms with van der Waals surface area (Å²) in [6.07, 6.45) is 0.237. The monoisotopic (exact) mass is 234 g/mol. The molecule has 0 amide bonds. The summed E-state index contributed by atoms with van der Waals surface area (Å²) in [6.45, 7) is 5.80. The van der Waals surface area contributed by atoms with E-state index < -0.39 is 6.10 Å². The summed E-state index contributed by atoms with van der Waals surface area (Å²) in [5, 5.41) is 0.105. The number of esters is 1. The molecule has 0 heterocycles. The van der Waals surface area contributed by atoms with Crippen LogP contribution in [0.3, 0.4) is 0 Å². The predicted octanol–water partition coefficient (Wildman–Crippen LogP) is 1.62. The van der Waals surface area contributed by atoms with Crippen LogP contribution in [0.25, 0.3) is 0 Å². The van der Waals surface area contributed by atoms with Gasteiger partial charge < -0.3 is 9.47 Å². The standard InChI is InChI=1S/C10H18O4S/c1-4-13-10(12)8(2)14-6-5-7-15-9(3)11/h8H,4-7H2,1-3H3/t8-/m1/s1. The molecule has 0 aliphatic heterocycles. The zero-order chi connectivity index (χ0) is 11.7. The van der Waals surface area contributed by atoms with E-state index in [2.05, 4.69) is 0 Å². The van der Waals surface area contributed by atoms with E-state index >= 15 is 0 Å². The Labute approximate surface area is 94.7 Å². The summed E-state index contributed by atoms with van der Waals surface area (Å²) >= 11 is 1.27. The fourth-order valence-electron chi connectivity index (χ4n) is 0.863. The van der Waals surface area contributed by atoms with Crippen molar-refractivity contribution in [1.82, 2.24) is 0 Å². The van der Waals surface area contributed by atoms with Gasteiger partial charge in [0.15, 0.2) is 11.2 Å². The molecule has 0 rings (SSSR count). The quantitative estimate of drug-likeness (QED) is 0.495. The summed E-state index contributed by atoms with van der Waals surface area (Å²) in [6, 6.07) is 0. The summed E-state index contributed by atoms with van der Waals surface area (Å²) in [5.74, 6) is 0.391. The third kappa shape index (κ3) is 8.44. The highest BCUT2D eigenvalue weighted by molar-refractivity contribution is 8.13. The minimum atomic E-state index is -0.521. The lowest BCUT2D eigenvalue weighted by Crippen LogP contribution is -2.23. The van der Waals surface area contributed by atoms with Crippen molar-refractivity contribution in [3.8, 4) is 0 Å². The van der Waals surface area contributed by atoms with Crippen LogP contribution in [-0.2, 0) is 19.1 Å². The number of hydrogen-bond acceptors (Lipinski definition) is 5. The van der Waals surface area contributed by atoms with Crippen molar-refractivity contribution in [3.63, 3.8) is 0 Å². The van der Waals surface area contributed by atoms with Crippen LogP contribution in [0.1, 0.15) is 27.2 Å². The third-order valence-corrected chi connectivity index (χ3v) is 2.48. The Morgan fingerprint density at radius 2 is 2.07 bits per heavy atom. The van der Waals surface area contributed by atoms with Crippen LogP contribution in [0, 0.1) is 0 Å². The van der Waals surface area contributed by atoms with Crippen LogP contribution in [-0.4, -0.2) is 36.2 Å². The lowest BCUT2D eigenvalue weighted by molar-refractivity contribution is -0.155. The van der Waals surface area contributed by atoms with Crippen molar-refractivity contribution < 1.29 is 19.1 Å². The van der Waals surface area contributed by atoms with Crippen LogP contribution in [0.4, 0.5) is 0 Å². The van der Waals surface area contributed by atoms with Crippen LogP contribution >= 0.6 is 11.8 Å². The van der Waals surface area contributed by atoms with E-state index in [4.69, 9.17) is 9.47 Å². The van der Waals surface area contributed by atoms with Gasteiger partial charge in [0, 0.05) is 19.3 Å². The molecule has 1 atom stereocenters. The molecule has 0 spiro atoms. The highest BCUT2D eigenvalue weighted by atomic mass is 32.2. The highest BCUT2D eigenvalue weighted by Crippen LogP contribution is 2.04. The van der Waals surface area contributed by atoms with Gasteiger partial charge in [0.1, 0.15) is 0 Å². The first-order valence-corrected chi connectivity index (χ1v) is 5.98. The molecular formula is C10H18O4S. The predicted molar refractivity (Wildman–Crippen MR) is 59.8 cm³/mol. The van der Waals surface area contributed by atoms with Crippen molar-refractivity contribution in [2.75, 3.05) is 19.0 Å². The van der Waals surface area contributed by atoms with Crippen molar-refractivity contribution in [1.29, 1.82) is 0 Å². The molecule has 0 aliphatic carbocycles. The second kappa shape index (κ2) is 8.73. The highest BCUT2D eigenvalue weighted by Gasteiger charge is 2.13. The number of carbonyl (C=O) groups excluding carboxylic acids is 2. The molecule has 0 fully saturated rings. The molecule has 0 aliphatic rings. The van der Waals surface area contributed by atoms with Gasteiger partial charge in [-0.2, -0.15) is 0 Å². The van der Waals surface area contributed by atoms with E-state index in [9.17, 15) is 9.59 Å². The van der Waals surface area contributed by atoms with Gasteiger partial charge in [0.2, 0.25) is 0 Å². The maximum absolute atomic E-state index is 11.1. The first kappa shape index (κ1) is 14.5. The summed E-state index contributed by atoms with van der Waals surface area (Å²) in [7, 11) is 0. The fraction of sp³-hybridized carbons (Fsp3) is 0.800. The minimum absolute atomic E-state index is 0.105. The molecule has 0 aromatic rings. The Hall–Kier alpha value is -0.550. The molecule has 0 aromatic carbocycles. The van der Waals surface area contributed by atoms with Crippen LogP contribution in [0.15, 0.2) is 0 Å². The number of rotatable bonds is 7. The van der Waals surface area contributed by atoms with Crippen LogP contribution in [0.2, 0.25) is 0 Å². The molecule has 15 heavy (non-hydrogen) atoms. The molecule has 0 saturated heterocycles. The first-order chi connectivity index (χ1) is 7.07. The average Bonchev–Trinajstić information content (AvgIpc) is 2.16. The van der Waals surface area contributed by atoms with E-state index in [1.807, 2.05) is 0 Å². The van der Waals surface area contributed by atoms with E-state index in [1.165, 1.54) is 18.7 Å². The molecule has 0 saturated carbocycles. The van der Waals surface area contributed by atoms with Crippen molar-refractivity contribution in [2.45, 2.75) is 33.3 Å². The minimum Gasteiger partial charge on any atom is -0.464 e. The smallest absolute Gasteiger partial charge is 0.334 e. The third-order valence-electron chi connectivity index (χ3n) is 1.58. The normalized spacial score (nSPS) is 12.2. The van der Waals surface area contributed by atoms with Crippen LogP contribution in [0.5, 0.6) is 0 Å². The second-order valence-corrected chi connectivity index (χ2v) is 4.23. The van der Waals surface area contributed by atoms with Gasteiger partial charge in [0.05, 0.1) is 6.61 Å². The van der Waals surface area contributed by atoms with Gasteiger partial charge in [-0.05, 0) is 20.3 Å². The Morgan fingerprint density at radius 1 is 1.40 bits per heavy atom. The van der Waals surface area contributed by atoms with Gasteiger partial charge in [-0.25, -0.2) is 4.79 Å². The first-order valence-electron chi connectivity index (χ1n) is 4.99. The maximum atomic E-state index is 11.1. The molecule has 0 bridgehead atoms. The number of carbonyl (C=O) groups is 2. The molecule has 0 N–H and O–H groups in total. The average molecular weight is 234 g/mol. The van der Waals surface area contributed by atoms with E-state index in [1.54, 1.807) is 13.8 Å². The Morgan fingerprint density at radius 3 is 2.60 bits per heavy atom. The summed E-state index contributed by atoms with van der Waals surface area (Å²) < 4.78 is 10.0. The van der Waals surface area contributed by atoms with Gasteiger partial charge in [-0.15, -0.1) is 0 Å². The lowest BCUT2D eigenvalue weighted by Gasteiger charge is -2.11. The van der Waals surface area contributed by atoms with Gasteiger partial charge in [-0.3, -0.25) is 4.79 Å². The second-order valence-electron chi connectivity index (χ2n) is 2.96. The molecule has 5 heteroatoms. The SMILES string of the molecule is CCOC(=O)[C@@H](C)OCCCSC(C)=O. The lowest BCUT2D eigenvalue weighted by atomic mass is 10.4. The molecule has 0 unspecified atom stereocenters. The number of ether oxygens (including phenoxy) is 2. The van der Waals surface area contributed by atoms with Gasteiger partial charge in [0.25, 0.3) is 0 Å². The number of thioether (sulfide) groups is 1. The van der Waals surface area contributed by atoms with Gasteiger partial charge >= 0.3 is 5.97 Å². The van der Waals surface area contributed by atoms with E-state index in [0.717, 1.165) is 12.2 Å². The number of hydrogen-bond donors (Lipinski definition) is 0. The van der Waals surface area contributed by atoms with Gasteiger partial charge in [-0.1, -0.05) is 11.8 Å². The fourth-order valence-corrected chi connectivity index (χ4v) is 1.41. The topological polar surface area (TPSA) is 52.6 Å². The Kier molecular flexibility index (Phi) is 8.41. The summed E-state index contributed by atoms with van der Waals surface area (Å²) in [5.41, 5.74) is 0. The Bertz CT molecular complexity index is 206.